The molecule has 0 heterocycles. The molecule has 2 aromatic carbocycles. The molecule has 0 bridgehead atoms. The molecule has 3 nitrogen and oxygen atoms in total. The van der Waals surface area contributed by atoms with Gasteiger partial charge in [0.1, 0.15) is 6.61 Å². The lowest BCUT2D eigenvalue weighted by atomic mass is 10.1. The molecule has 0 saturated carbocycles. The Bertz CT molecular complexity index is 622. The third-order valence-corrected chi connectivity index (χ3v) is 4.01. The number of hydrogen-bond donors (Lipinski definition) is 2. The number of hydrogen-bond acceptors (Lipinski definition) is 3. The molecule has 0 aliphatic carbocycles. The van der Waals surface area contributed by atoms with E-state index < -0.39 is 0 Å². The molecule has 0 aromatic heterocycles. The minimum absolute atomic E-state index is 0.0483. The fraction of sp³-hybridized carbons (Fsp3) is 0.333. The Morgan fingerprint density at radius 2 is 1.65 bits per heavy atom. The largest absolute Gasteiger partial charge is 0.486 e. The van der Waals surface area contributed by atoms with Crippen molar-refractivity contribution in [3.05, 3.63) is 63.6 Å². The van der Waals surface area contributed by atoms with Crippen LogP contribution in [0.5, 0.6) is 5.75 Å². The molecule has 0 saturated heterocycles. The SMILES string of the molecule is CC(C)(CO)NCc1cc(Cl)c(OCc2ccccc2)c(Cl)c1. The van der Waals surface area contributed by atoms with Crippen LogP contribution in [-0.2, 0) is 13.2 Å². The van der Waals surface area contributed by atoms with Crippen LogP contribution < -0.4 is 10.1 Å². The Hall–Kier alpha value is -1.26. The van der Waals surface area contributed by atoms with E-state index in [0.29, 0.717) is 28.9 Å². The first-order chi connectivity index (χ1) is 10.9. The fourth-order valence-electron chi connectivity index (χ4n) is 1.98. The average molecular weight is 354 g/mol. The van der Waals surface area contributed by atoms with Gasteiger partial charge in [0.15, 0.2) is 5.75 Å². The van der Waals surface area contributed by atoms with Gasteiger partial charge in [0.25, 0.3) is 0 Å². The van der Waals surface area contributed by atoms with Crippen LogP contribution in [0.25, 0.3) is 0 Å². The quantitative estimate of drug-likeness (QED) is 0.773. The van der Waals surface area contributed by atoms with Gasteiger partial charge in [-0.1, -0.05) is 53.5 Å². The summed E-state index contributed by atoms with van der Waals surface area (Å²) in [5.74, 6) is 0.488. The van der Waals surface area contributed by atoms with Crippen LogP contribution in [0, 0.1) is 0 Å². The summed E-state index contributed by atoms with van der Waals surface area (Å²) in [6.45, 7) is 4.87. The summed E-state index contributed by atoms with van der Waals surface area (Å²) in [4.78, 5) is 0. The second-order valence-corrected chi connectivity index (χ2v) is 6.87. The number of benzene rings is 2. The van der Waals surface area contributed by atoms with Gasteiger partial charge in [0.2, 0.25) is 0 Å². The van der Waals surface area contributed by atoms with Crippen molar-refractivity contribution in [3.63, 3.8) is 0 Å². The normalized spacial score (nSPS) is 11.5. The maximum Gasteiger partial charge on any atom is 0.156 e. The summed E-state index contributed by atoms with van der Waals surface area (Å²) in [5.41, 5.74) is 1.63. The molecule has 0 aliphatic rings. The summed E-state index contributed by atoms with van der Waals surface area (Å²) < 4.78 is 5.75. The average Bonchev–Trinajstić information content (AvgIpc) is 2.53. The van der Waals surface area contributed by atoms with Crippen LogP contribution in [0.15, 0.2) is 42.5 Å². The standard InChI is InChI=1S/C18H21Cl2NO2/c1-18(2,12-22)21-10-14-8-15(19)17(16(20)9-14)23-11-13-6-4-3-5-7-13/h3-9,21-22H,10-12H2,1-2H3. The van der Waals surface area contributed by atoms with Crippen LogP contribution >= 0.6 is 23.2 Å². The predicted molar refractivity (Wildman–Crippen MR) is 95.2 cm³/mol. The van der Waals surface area contributed by atoms with Gasteiger partial charge in [-0.25, -0.2) is 0 Å². The van der Waals surface area contributed by atoms with Gasteiger partial charge in [-0.05, 0) is 37.1 Å². The number of aliphatic hydroxyl groups excluding tert-OH is 1. The van der Waals surface area contributed by atoms with Crippen LogP contribution in [0.2, 0.25) is 10.0 Å². The van der Waals surface area contributed by atoms with Crippen molar-refractivity contribution in [3.8, 4) is 5.75 Å². The Balaban J connectivity index is 2.05. The molecular formula is C18H21Cl2NO2. The summed E-state index contributed by atoms with van der Waals surface area (Å²) >= 11 is 12.6. The lowest BCUT2D eigenvalue weighted by Crippen LogP contribution is -2.42. The van der Waals surface area contributed by atoms with E-state index in [0.717, 1.165) is 11.1 Å². The molecule has 0 spiro atoms. The molecule has 2 rings (SSSR count). The van der Waals surface area contributed by atoms with Crippen molar-refractivity contribution in [2.45, 2.75) is 32.5 Å². The predicted octanol–water partition coefficient (Wildman–Crippen LogP) is 4.43. The summed E-state index contributed by atoms with van der Waals surface area (Å²) in [5, 5.41) is 13.5. The molecule has 5 heteroatoms. The number of ether oxygens (including phenoxy) is 1. The molecule has 0 amide bonds. The minimum atomic E-state index is -0.360. The van der Waals surface area contributed by atoms with Gasteiger partial charge < -0.3 is 15.2 Å². The first-order valence-corrected chi connectivity index (χ1v) is 8.17. The van der Waals surface area contributed by atoms with Crippen LogP contribution in [0.3, 0.4) is 0 Å². The van der Waals surface area contributed by atoms with Gasteiger partial charge in [-0.2, -0.15) is 0 Å². The van der Waals surface area contributed by atoms with E-state index in [1.54, 1.807) is 0 Å². The summed E-state index contributed by atoms with van der Waals surface area (Å²) in [6, 6.07) is 13.5. The Morgan fingerprint density at radius 3 is 2.22 bits per heavy atom. The van der Waals surface area contributed by atoms with E-state index in [9.17, 15) is 5.11 Å². The maximum absolute atomic E-state index is 9.27. The molecule has 23 heavy (non-hydrogen) atoms. The molecule has 0 atom stereocenters. The van der Waals surface area contributed by atoms with Gasteiger partial charge in [0, 0.05) is 12.1 Å². The summed E-state index contributed by atoms with van der Waals surface area (Å²) in [7, 11) is 0. The molecule has 0 aliphatic heterocycles. The van der Waals surface area contributed by atoms with Crippen molar-refractivity contribution in [1.82, 2.24) is 5.32 Å². The van der Waals surface area contributed by atoms with Crippen molar-refractivity contribution in [2.24, 2.45) is 0 Å². The number of rotatable bonds is 7. The highest BCUT2D eigenvalue weighted by Crippen LogP contribution is 2.34. The zero-order chi connectivity index (χ0) is 16.9. The smallest absolute Gasteiger partial charge is 0.156 e. The third-order valence-electron chi connectivity index (χ3n) is 3.45. The Morgan fingerprint density at radius 1 is 1.04 bits per heavy atom. The number of halogens is 2. The number of nitrogens with one attached hydrogen (secondary N) is 1. The molecule has 0 fully saturated rings. The molecule has 124 valence electrons. The lowest BCUT2D eigenvalue weighted by Gasteiger charge is -2.24. The first-order valence-electron chi connectivity index (χ1n) is 7.42. The molecule has 0 unspecified atom stereocenters. The monoisotopic (exact) mass is 353 g/mol. The van der Waals surface area contributed by atoms with E-state index in [-0.39, 0.29) is 12.1 Å². The molecule has 2 aromatic rings. The molecule has 0 radical (unpaired) electrons. The zero-order valence-electron chi connectivity index (χ0n) is 13.3. The van der Waals surface area contributed by atoms with Crippen molar-refractivity contribution < 1.29 is 9.84 Å². The molecular weight excluding hydrogens is 333 g/mol. The second-order valence-electron chi connectivity index (χ2n) is 6.06. The number of aliphatic hydroxyl groups is 1. The van der Waals surface area contributed by atoms with Crippen molar-refractivity contribution >= 4 is 23.2 Å². The Labute approximate surface area is 147 Å². The maximum atomic E-state index is 9.27. The van der Waals surface area contributed by atoms with Crippen molar-refractivity contribution in [1.29, 1.82) is 0 Å². The first kappa shape index (κ1) is 18.1. The zero-order valence-corrected chi connectivity index (χ0v) is 14.8. The third kappa shape index (κ3) is 5.40. The van der Waals surface area contributed by atoms with E-state index in [1.807, 2.05) is 56.3 Å². The van der Waals surface area contributed by atoms with Gasteiger partial charge >= 0.3 is 0 Å². The van der Waals surface area contributed by atoms with E-state index in [2.05, 4.69) is 5.32 Å². The van der Waals surface area contributed by atoms with Gasteiger partial charge in [-0.3, -0.25) is 0 Å². The van der Waals surface area contributed by atoms with Gasteiger partial charge in [-0.15, -0.1) is 0 Å². The van der Waals surface area contributed by atoms with Crippen LogP contribution in [0.4, 0.5) is 0 Å². The minimum Gasteiger partial charge on any atom is -0.486 e. The van der Waals surface area contributed by atoms with Crippen LogP contribution in [-0.4, -0.2) is 17.3 Å². The van der Waals surface area contributed by atoms with Crippen molar-refractivity contribution in [2.75, 3.05) is 6.61 Å². The highest BCUT2D eigenvalue weighted by atomic mass is 35.5. The Kier molecular flexibility index (Phi) is 6.31. The molecule has 2 N–H and O–H groups in total. The summed E-state index contributed by atoms with van der Waals surface area (Å²) in [6.07, 6.45) is 0. The second kappa shape index (κ2) is 8.02. The van der Waals surface area contributed by atoms with Gasteiger partial charge in [0.05, 0.1) is 16.7 Å². The topological polar surface area (TPSA) is 41.5 Å². The van der Waals surface area contributed by atoms with E-state index in [4.69, 9.17) is 27.9 Å². The fourth-order valence-corrected chi connectivity index (χ4v) is 2.62. The lowest BCUT2D eigenvalue weighted by molar-refractivity contribution is 0.187. The highest BCUT2D eigenvalue weighted by Gasteiger charge is 2.16. The highest BCUT2D eigenvalue weighted by molar-refractivity contribution is 6.37. The van der Waals surface area contributed by atoms with Crippen LogP contribution in [0.1, 0.15) is 25.0 Å². The van der Waals surface area contributed by atoms with E-state index >= 15 is 0 Å². The van der Waals surface area contributed by atoms with E-state index in [1.165, 1.54) is 0 Å².